The van der Waals surface area contributed by atoms with E-state index in [9.17, 15) is 14.7 Å². The van der Waals surface area contributed by atoms with Crippen LogP contribution in [0.3, 0.4) is 0 Å². The van der Waals surface area contributed by atoms with E-state index < -0.39 is 17.7 Å². The molecule has 5 rings (SSSR count). The molecule has 38 heavy (non-hydrogen) atoms. The fraction of sp³-hybridized carbons (Fsp3) is 0.200. The molecule has 1 aliphatic rings. The number of hydrogen-bond donors (Lipinski definition) is 2. The molecule has 0 spiro atoms. The Hall–Kier alpha value is -4.04. The Labute approximate surface area is 228 Å². The number of hydrogen-bond acceptors (Lipinski definition) is 5. The number of aliphatic hydroxyl groups is 1. The van der Waals surface area contributed by atoms with Crippen molar-refractivity contribution in [1.82, 2.24) is 9.88 Å². The second-order valence-electron chi connectivity index (χ2n) is 8.98. The number of ketones is 1. The first-order chi connectivity index (χ1) is 18.4. The third kappa shape index (κ3) is 4.79. The van der Waals surface area contributed by atoms with E-state index in [2.05, 4.69) is 20.9 Å². The van der Waals surface area contributed by atoms with Gasteiger partial charge in [0.2, 0.25) is 0 Å². The Bertz CT molecular complexity index is 1540. The fourth-order valence-electron chi connectivity index (χ4n) is 4.90. The molecule has 1 atom stereocenters. The summed E-state index contributed by atoms with van der Waals surface area (Å²) in [5, 5.41) is 12.3. The van der Waals surface area contributed by atoms with Crippen LogP contribution in [0.5, 0.6) is 11.5 Å². The molecule has 194 valence electrons. The second-order valence-corrected chi connectivity index (χ2v) is 9.90. The van der Waals surface area contributed by atoms with Crippen LogP contribution in [0.1, 0.15) is 29.7 Å². The zero-order chi connectivity index (χ0) is 26.8. The molecular formula is C30H27BrN2O5. The van der Waals surface area contributed by atoms with E-state index in [1.165, 1.54) is 0 Å². The zero-order valence-electron chi connectivity index (χ0n) is 21.0. The molecule has 1 amide bonds. The molecule has 1 aliphatic heterocycles. The minimum atomic E-state index is -0.737. The van der Waals surface area contributed by atoms with Gasteiger partial charge in [0.1, 0.15) is 17.3 Å². The molecule has 0 unspecified atom stereocenters. The summed E-state index contributed by atoms with van der Waals surface area (Å²) >= 11 is 3.50. The van der Waals surface area contributed by atoms with Gasteiger partial charge < -0.3 is 24.5 Å². The normalized spacial score (nSPS) is 16.8. The van der Waals surface area contributed by atoms with Crippen LogP contribution in [0.25, 0.3) is 16.7 Å². The summed E-state index contributed by atoms with van der Waals surface area (Å²) in [4.78, 5) is 31.5. The maximum Gasteiger partial charge on any atom is 0.295 e. The average molecular weight is 575 g/mol. The molecule has 2 N–H and O–H groups in total. The van der Waals surface area contributed by atoms with Crippen LogP contribution in [0.2, 0.25) is 0 Å². The van der Waals surface area contributed by atoms with E-state index in [1.54, 1.807) is 36.3 Å². The van der Waals surface area contributed by atoms with Gasteiger partial charge in [-0.25, -0.2) is 0 Å². The summed E-state index contributed by atoms with van der Waals surface area (Å²) < 4.78 is 11.7. The number of benzene rings is 3. The molecule has 7 nitrogen and oxygen atoms in total. The molecule has 3 aromatic carbocycles. The van der Waals surface area contributed by atoms with Gasteiger partial charge in [-0.15, -0.1) is 0 Å². The molecule has 1 saturated heterocycles. The first-order valence-electron chi connectivity index (χ1n) is 12.3. The van der Waals surface area contributed by atoms with Crippen molar-refractivity contribution in [3.8, 4) is 11.5 Å². The van der Waals surface area contributed by atoms with E-state index in [0.29, 0.717) is 24.3 Å². The molecule has 8 heteroatoms. The lowest BCUT2D eigenvalue weighted by Gasteiger charge is -2.25. The smallest absolute Gasteiger partial charge is 0.295 e. The highest BCUT2D eigenvalue weighted by molar-refractivity contribution is 9.10. The van der Waals surface area contributed by atoms with Crippen LogP contribution in [-0.2, 0) is 16.0 Å². The SMILES string of the molecule is CCOc1ccc(C(O)=C2C(=O)C(=O)N(CCc3c[nH]c4ccc(OC)cc34)[C@H]2c2cccc(Br)c2)cc1. The van der Waals surface area contributed by atoms with Crippen molar-refractivity contribution in [2.75, 3.05) is 20.3 Å². The van der Waals surface area contributed by atoms with Gasteiger partial charge in [-0.3, -0.25) is 9.59 Å². The minimum absolute atomic E-state index is 0.0675. The standard InChI is InChI=1S/C30H27BrN2O5/c1-3-38-22-9-7-18(8-10-22)28(34)26-27(19-5-4-6-21(31)15-19)33(30(36)29(26)35)14-13-20-17-32-25-12-11-23(37-2)16-24(20)25/h4-12,15-17,27,32,34H,3,13-14H2,1-2H3/t27-/m0/s1. The molecule has 0 radical (unpaired) electrons. The topological polar surface area (TPSA) is 91.9 Å². The highest BCUT2D eigenvalue weighted by atomic mass is 79.9. The van der Waals surface area contributed by atoms with Crippen LogP contribution >= 0.6 is 15.9 Å². The highest BCUT2D eigenvalue weighted by Crippen LogP contribution is 2.40. The molecule has 0 bridgehead atoms. The number of fused-ring (bicyclic) bond motifs is 1. The summed E-state index contributed by atoms with van der Waals surface area (Å²) in [5.74, 6) is -0.163. The third-order valence-corrected chi connectivity index (χ3v) is 7.23. The largest absolute Gasteiger partial charge is 0.507 e. The Morgan fingerprint density at radius 3 is 2.53 bits per heavy atom. The van der Waals surface area contributed by atoms with Gasteiger partial charge in [-0.05, 0) is 79.1 Å². The molecule has 0 aliphatic carbocycles. The van der Waals surface area contributed by atoms with Gasteiger partial charge in [0.05, 0.1) is 25.3 Å². The van der Waals surface area contributed by atoms with Gasteiger partial charge in [0, 0.05) is 33.7 Å². The molecule has 1 aromatic heterocycles. The number of nitrogens with one attached hydrogen (secondary N) is 1. The first-order valence-corrected chi connectivity index (χ1v) is 13.1. The Morgan fingerprint density at radius 1 is 1.05 bits per heavy atom. The monoisotopic (exact) mass is 574 g/mol. The van der Waals surface area contributed by atoms with E-state index in [0.717, 1.165) is 32.3 Å². The summed E-state index contributed by atoms with van der Waals surface area (Å²) in [5.41, 5.74) is 3.20. The number of likely N-dealkylation sites (tertiary alicyclic amines) is 1. The van der Waals surface area contributed by atoms with Crippen molar-refractivity contribution in [1.29, 1.82) is 0 Å². The van der Waals surface area contributed by atoms with Crippen molar-refractivity contribution in [2.45, 2.75) is 19.4 Å². The van der Waals surface area contributed by atoms with Gasteiger partial charge in [-0.1, -0.05) is 28.1 Å². The van der Waals surface area contributed by atoms with Crippen LogP contribution < -0.4 is 9.47 Å². The molecular weight excluding hydrogens is 548 g/mol. The summed E-state index contributed by atoms with van der Waals surface area (Å²) in [6.45, 7) is 2.69. The summed E-state index contributed by atoms with van der Waals surface area (Å²) in [6.07, 6.45) is 2.42. The van der Waals surface area contributed by atoms with Crippen LogP contribution in [0.15, 0.2) is 83.0 Å². The number of H-pyrrole nitrogens is 1. The number of aromatic nitrogens is 1. The minimum Gasteiger partial charge on any atom is -0.507 e. The number of halogens is 1. The van der Waals surface area contributed by atoms with Crippen molar-refractivity contribution in [3.05, 3.63) is 99.7 Å². The van der Waals surface area contributed by atoms with E-state index in [4.69, 9.17) is 9.47 Å². The van der Waals surface area contributed by atoms with Gasteiger partial charge >= 0.3 is 0 Å². The van der Waals surface area contributed by atoms with Crippen molar-refractivity contribution in [3.63, 3.8) is 0 Å². The Balaban J connectivity index is 1.53. The number of aliphatic hydroxyl groups excluding tert-OH is 1. The Kier molecular flexibility index (Phi) is 7.24. The number of ether oxygens (including phenoxy) is 2. The van der Waals surface area contributed by atoms with Gasteiger partial charge in [0.15, 0.2) is 0 Å². The van der Waals surface area contributed by atoms with Crippen molar-refractivity contribution < 1.29 is 24.2 Å². The van der Waals surface area contributed by atoms with Crippen molar-refractivity contribution >= 4 is 44.3 Å². The lowest BCUT2D eigenvalue weighted by molar-refractivity contribution is -0.139. The summed E-state index contributed by atoms with van der Waals surface area (Å²) in [6, 6.07) is 19.3. The third-order valence-electron chi connectivity index (χ3n) is 6.74. The van der Waals surface area contributed by atoms with Crippen LogP contribution in [0, 0.1) is 0 Å². The number of nitrogens with zero attached hydrogens (tertiary/aromatic N) is 1. The Morgan fingerprint density at radius 2 is 1.82 bits per heavy atom. The fourth-order valence-corrected chi connectivity index (χ4v) is 5.31. The molecule has 4 aromatic rings. The predicted octanol–water partition coefficient (Wildman–Crippen LogP) is 6.00. The second kappa shape index (κ2) is 10.8. The summed E-state index contributed by atoms with van der Waals surface area (Å²) in [7, 11) is 1.62. The van der Waals surface area contributed by atoms with Crippen molar-refractivity contribution in [2.24, 2.45) is 0 Å². The van der Waals surface area contributed by atoms with Crippen LogP contribution in [0.4, 0.5) is 0 Å². The lowest BCUT2D eigenvalue weighted by atomic mass is 9.95. The quantitative estimate of drug-likeness (QED) is 0.153. The highest BCUT2D eigenvalue weighted by Gasteiger charge is 2.46. The number of Topliss-reactive ketones (excluding diaryl/α,β-unsaturated/α-hetero) is 1. The molecule has 2 heterocycles. The lowest BCUT2D eigenvalue weighted by Crippen LogP contribution is -2.31. The molecule has 1 fully saturated rings. The predicted molar refractivity (Wildman–Crippen MR) is 149 cm³/mol. The first kappa shape index (κ1) is 25.6. The number of methoxy groups -OCH3 is 1. The van der Waals surface area contributed by atoms with Gasteiger partial charge in [-0.2, -0.15) is 0 Å². The maximum absolute atomic E-state index is 13.4. The molecule has 0 saturated carbocycles. The van der Waals surface area contributed by atoms with E-state index >= 15 is 0 Å². The number of carbonyl (C=O) groups excluding carboxylic acids is 2. The number of amides is 1. The zero-order valence-corrected chi connectivity index (χ0v) is 22.6. The van der Waals surface area contributed by atoms with E-state index in [-0.39, 0.29) is 17.9 Å². The number of carbonyl (C=O) groups is 2. The maximum atomic E-state index is 13.4. The number of rotatable bonds is 8. The van der Waals surface area contributed by atoms with Crippen LogP contribution in [-0.4, -0.2) is 46.9 Å². The number of aromatic amines is 1. The average Bonchev–Trinajstić information content (AvgIpc) is 3.45. The van der Waals surface area contributed by atoms with E-state index in [1.807, 2.05) is 55.6 Å². The van der Waals surface area contributed by atoms with Gasteiger partial charge in [0.25, 0.3) is 11.7 Å².